The molecule has 0 aliphatic carbocycles. The second kappa shape index (κ2) is 12.5. The molecule has 3 heterocycles. The summed E-state index contributed by atoms with van der Waals surface area (Å²) in [5.74, 6) is 1.28. The van der Waals surface area contributed by atoms with E-state index in [0.29, 0.717) is 32.1 Å². The van der Waals surface area contributed by atoms with Gasteiger partial charge in [0.15, 0.2) is 0 Å². The number of amides is 2. The number of hydrogen-bond acceptors (Lipinski definition) is 6. The van der Waals surface area contributed by atoms with Crippen LogP contribution >= 0.6 is 11.3 Å². The maximum absolute atomic E-state index is 13.8. The molecule has 0 radical (unpaired) electrons. The normalized spacial score (nSPS) is 18.6. The van der Waals surface area contributed by atoms with Crippen molar-refractivity contribution in [2.24, 2.45) is 0 Å². The zero-order chi connectivity index (χ0) is 26.3. The van der Waals surface area contributed by atoms with E-state index in [1.807, 2.05) is 59.5 Å². The summed E-state index contributed by atoms with van der Waals surface area (Å²) in [6.45, 7) is 2.09. The fourth-order valence-corrected chi connectivity index (χ4v) is 6.09. The predicted octanol–water partition coefficient (Wildman–Crippen LogP) is 4.51. The van der Waals surface area contributed by atoms with Crippen molar-refractivity contribution < 1.29 is 23.8 Å². The van der Waals surface area contributed by atoms with E-state index in [0.717, 1.165) is 36.1 Å². The van der Waals surface area contributed by atoms with Gasteiger partial charge in [-0.2, -0.15) is 0 Å². The maximum atomic E-state index is 13.8. The SMILES string of the molecule is COc1cccc(OC[C@H]2c3ccsc3CCN2C(=O)CN(C[C@@H]2CCCO2)C(=O)Cc2ccccc2)c1. The average Bonchev–Trinajstić information content (AvgIpc) is 3.64. The van der Waals surface area contributed by atoms with E-state index < -0.39 is 0 Å². The number of hydrogen-bond donors (Lipinski definition) is 0. The molecule has 7 nitrogen and oxygen atoms in total. The molecule has 1 saturated heterocycles. The van der Waals surface area contributed by atoms with Gasteiger partial charge in [-0.15, -0.1) is 11.3 Å². The fourth-order valence-electron chi connectivity index (χ4n) is 5.17. The Kier molecular flexibility index (Phi) is 8.61. The summed E-state index contributed by atoms with van der Waals surface area (Å²) in [6, 6.07) is 19.0. The minimum absolute atomic E-state index is 0.0282. The van der Waals surface area contributed by atoms with E-state index in [-0.39, 0.29) is 36.9 Å². The van der Waals surface area contributed by atoms with Crippen molar-refractivity contribution in [1.82, 2.24) is 9.80 Å². The Bertz CT molecular complexity index is 1220. The first-order chi connectivity index (χ1) is 18.6. The molecule has 2 atom stereocenters. The fraction of sp³-hybridized carbons (Fsp3) is 0.400. The molecule has 0 saturated carbocycles. The van der Waals surface area contributed by atoms with Gasteiger partial charge in [-0.25, -0.2) is 0 Å². The monoisotopic (exact) mass is 534 g/mol. The lowest BCUT2D eigenvalue weighted by atomic mass is 10.00. The van der Waals surface area contributed by atoms with Gasteiger partial charge < -0.3 is 24.0 Å². The minimum Gasteiger partial charge on any atom is -0.497 e. The highest BCUT2D eigenvalue weighted by atomic mass is 32.1. The highest BCUT2D eigenvalue weighted by Gasteiger charge is 2.34. The first-order valence-corrected chi connectivity index (χ1v) is 14.0. The molecule has 0 unspecified atom stereocenters. The molecule has 1 fully saturated rings. The summed E-state index contributed by atoms with van der Waals surface area (Å²) in [7, 11) is 1.62. The third-order valence-corrected chi connectivity index (χ3v) is 8.19. The second-order valence-electron chi connectivity index (χ2n) is 9.71. The first-order valence-electron chi connectivity index (χ1n) is 13.2. The summed E-state index contributed by atoms with van der Waals surface area (Å²) in [6.07, 6.45) is 2.92. The summed E-state index contributed by atoms with van der Waals surface area (Å²) in [5.41, 5.74) is 2.06. The Morgan fingerprint density at radius 3 is 2.74 bits per heavy atom. The zero-order valence-electron chi connectivity index (χ0n) is 21.7. The minimum atomic E-state index is -0.225. The van der Waals surface area contributed by atoms with Crippen LogP contribution in [0.1, 0.15) is 34.9 Å². The molecule has 38 heavy (non-hydrogen) atoms. The third kappa shape index (κ3) is 6.37. The molecule has 0 spiro atoms. The lowest BCUT2D eigenvalue weighted by Gasteiger charge is -2.37. The maximum Gasteiger partial charge on any atom is 0.242 e. The van der Waals surface area contributed by atoms with Crippen LogP contribution in [-0.2, 0) is 27.2 Å². The van der Waals surface area contributed by atoms with Crippen molar-refractivity contribution in [3.63, 3.8) is 0 Å². The number of methoxy groups -OCH3 is 1. The van der Waals surface area contributed by atoms with Crippen molar-refractivity contribution >= 4 is 23.2 Å². The molecule has 5 rings (SSSR count). The number of carbonyl (C=O) groups excluding carboxylic acids is 2. The summed E-state index contributed by atoms with van der Waals surface area (Å²) >= 11 is 1.72. The molecule has 2 aliphatic heterocycles. The zero-order valence-corrected chi connectivity index (χ0v) is 22.5. The topological polar surface area (TPSA) is 68.3 Å². The van der Waals surface area contributed by atoms with E-state index in [1.54, 1.807) is 23.3 Å². The van der Waals surface area contributed by atoms with Crippen molar-refractivity contribution in [2.45, 2.75) is 37.8 Å². The van der Waals surface area contributed by atoms with Crippen LogP contribution in [-0.4, -0.2) is 67.7 Å². The van der Waals surface area contributed by atoms with Gasteiger partial charge in [0.25, 0.3) is 0 Å². The van der Waals surface area contributed by atoms with Crippen LogP contribution in [0.2, 0.25) is 0 Å². The Morgan fingerprint density at radius 1 is 1.11 bits per heavy atom. The molecule has 1 aromatic heterocycles. The van der Waals surface area contributed by atoms with E-state index in [1.165, 1.54) is 4.88 Å². The van der Waals surface area contributed by atoms with Gasteiger partial charge in [0, 0.05) is 30.6 Å². The Balaban J connectivity index is 1.32. The van der Waals surface area contributed by atoms with E-state index in [2.05, 4.69) is 11.4 Å². The van der Waals surface area contributed by atoms with Crippen molar-refractivity contribution in [3.05, 3.63) is 82.0 Å². The number of thiophene rings is 1. The van der Waals surface area contributed by atoms with Crippen molar-refractivity contribution in [1.29, 1.82) is 0 Å². The van der Waals surface area contributed by atoms with Gasteiger partial charge in [0.2, 0.25) is 11.8 Å². The number of ether oxygens (including phenoxy) is 3. The summed E-state index contributed by atoms with van der Waals surface area (Å²) in [5, 5.41) is 2.07. The molecule has 2 aliphatic rings. The number of carbonyl (C=O) groups is 2. The lowest BCUT2D eigenvalue weighted by Crippen LogP contribution is -2.49. The van der Waals surface area contributed by atoms with Gasteiger partial charge in [-0.3, -0.25) is 9.59 Å². The number of benzene rings is 2. The second-order valence-corrected chi connectivity index (χ2v) is 10.7. The van der Waals surface area contributed by atoms with Gasteiger partial charge >= 0.3 is 0 Å². The molecule has 8 heteroatoms. The molecule has 3 aromatic rings. The summed E-state index contributed by atoms with van der Waals surface area (Å²) in [4.78, 5) is 32.1. The molecule has 2 amide bonds. The average molecular weight is 535 g/mol. The molecule has 0 bridgehead atoms. The number of nitrogens with zero attached hydrogens (tertiary/aromatic N) is 2. The number of fused-ring (bicyclic) bond motifs is 1. The third-order valence-electron chi connectivity index (χ3n) is 7.19. The van der Waals surface area contributed by atoms with Gasteiger partial charge in [0.1, 0.15) is 18.1 Å². The number of rotatable bonds is 10. The molecule has 200 valence electrons. The van der Waals surface area contributed by atoms with Gasteiger partial charge in [0.05, 0.1) is 32.2 Å². The Labute approximate surface area is 227 Å². The molecular weight excluding hydrogens is 500 g/mol. The van der Waals surface area contributed by atoms with Crippen LogP contribution in [0.3, 0.4) is 0 Å². The van der Waals surface area contributed by atoms with Gasteiger partial charge in [-0.05, 0) is 54.0 Å². The molecule has 2 aromatic carbocycles. The van der Waals surface area contributed by atoms with E-state index >= 15 is 0 Å². The first kappa shape index (κ1) is 26.3. The van der Waals surface area contributed by atoms with Crippen LogP contribution < -0.4 is 9.47 Å². The largest absolute Gasteiger partial charge is 0.497 e. The highest BCUT2D eigenvalue weighted by molar-refractivity contribution is 7.10. The van der Waals surface area contributed by atoms with Crippen LogP contribution in [0, 0.1) is 0 Å². The van der Waals surface area contributed by atoms with Crippen LogP contribution in [0.15, 0.2) is 66.0 Å². The van der Waals surface area contributed by atoms with E-state index in [9.17, 15) is 9.59 Å². The van der Waals surface area contributed by atoms with Crippen molar-refractivity contribution in [2.75, 3.05) is 40.0 Å². The lowest BCUT2D eigenvalue weighted by molar-refractivity contribution is -0.143. The van der Waals surface area contributed by atoms with Crippen LogP contribution in [0.25, 0.3) is 0 Å². The highest BCUT2D eigenvalue weighted by Crippen LogP contribution is 2.34. The Morgan fingerprint density at radius 2 is 1.95 bits per heavy atom. The Hall–Kier alpha value is -3.36. The molecular formula is C30H34N2O5S. The molecule has 0 N–H and O–H groups in total. The van der Waals surface area contributed by atoms with E-state index in [4.69, 9.17) is 14.2 Å². The smallest absolute Gasteiger partial charge is 0.242 e. The van der Waals surface area contributed by atoms with Gasteiger partial charge in [-0.1, -0.05) is 36.4 Å². The summed E-state index contributed by atoms with van der Waals surface area (Å²) < 4.78 is 17.3. The van der Waals surface area contributed by atoms with Crippen molar-refractivity contribution in [3.8, 4) is 11.5 Å². The van der Waals surface area contributed by atoms with Crippen LogP contribution in [0.4, 0.5) is 0 Å². The standard InChI is InChI=1S/C30H34N2O5S/c1-35-23-9-5-10-24(18-23)37-21-27-26-13-16-38-28(26)12-14-32(27)30(34)20-31(19-25-11-6-15-36-25)29(33)17-22-7-3-2-4-8-22/h2-5,7-10,13,16,18,25,27H,6,11-12,14-15,17,19-21H2,1H3/t25-,27-/m0/s1. The predicted molar refractivity (Wildman–Crippen MR) is 147 cm³/mol. The quantitative estimate of drug-likeness (QED) is 0.383. The van der Waals surface area contributed by atoms with Crippen LogP contribution in [0.5, 0.6) is 11.5 Å².